The van der Waals surface area contributed by atoms with Crippen LogP contribution in [0.3, 0.4) is 0 Å². The second-order valence-electron chi connectivity index (χ2n) is 3.50. The summed E-state index contributed by atoms with van der Waals surface area (Å²) >= 11 is 6.37. The maximum absolute atomic E-state index is 11.3. The highest BCUT2D eigenvalue weighted by molar-refractivity contribution is 8.23. The van der Waals surface area contributed by atoms with Gasteiger partial charge in [-0.15, -0.1) is 0 Å². The van der Waals surface area contributed by atoms with E-state index in [1.807, 2.05) is 6.07 Å². The molecular formula is C12H17N4O2S2-. The highest BCUT2D eigenvalue weighted by atomic mass is 32.2. The SMILES string of the molecule is CCOC(=O)C(C)SC(=S)n1cccn1.[2H-].c1cn[nH]c1. The van der Waals surface area contributed by atoms with E-state index < -0.39 is 0 Å². The van der Waals surface area contributed by atoms with Gasteiger partial charge in [0.05, 0.1) is 6.61 Å². The molecule has 0 aliphatic carbocycles. The minimum absolute atomic E-state index is 0. The topological polar surface area (TPSA) is 72.8 Å². The molecule has 1 unspecified atom stereocenters. The van der Waals surface area contributed by atoms with Gasteiger partial charge in [0.2, 0.25) is 0 Å². The van der Waals surface area contributed by atoms with Gasteiger partial charge < -0.3 is 6.16 Å². The minimum Gasteiger partial charge on any atom is -1.00 e. The van der Waals surface area contributed by atoms with E-state index in [4.69, 9.17) is 17.0 Å². The Kier molecular flexibility index (Phi) is 7.59. The molecule has 1 atom stereocenters. The monoisotopic (exact) mass is 314 g/mol. The summed E-state index contributed by atoms with van der Waals surface area (Å²) in [6.45, 7) is 3.93. The van der Waals surface area contributed by atoms with Gasteiger partial charge in [-0.25, -0.2) is 4.68 Å². The first-order valence-electron chi connectivity index (χ1n) is 5.96. The van der Waals surface area contributed by atoms with Gasteiger partial charge in [-0.05, 0) is 26.0 Å². The van der Waals surface area contributed by atoms with Crippen LogP contribution in [-0.2, 0) is 9.53 Å². The average Bonchev–Trinajstić information content (AvgIpc) is 3.14. The molecule has 0 aliphatic rings. The number of rotatable bonds is 3. The number of hydrogen-bond acceptors (Lipinski definition) is 6. The molecular weight excluding hydrogens is 296 g/mol. The minimum atomic E-state index is -0.304. The number of esters is 1. The largest absolute Gasteiger partial charge is 1.00 e. The first-order valence-corrected chi connectivity index (χ1v) is 7.25. The summed E-state index contributed by atoms with van der Waals surface area (Å²) in [4.78, 5) is 11.3. The van der Waals surface area contributed by atoms with E-state index >= 15 is 0 Å². The number of thiocarbonyl (C=S) groups is 1. The van der Waals surface area contributed by atoms with Crippen LogP contribution in [-0.4, -0.2) is 42.1 Å². The van der Waals surface area contributed by atoms with E-state index in [9.17, 15) is 4.79 Å². The van der Waals surface area contributed by atoms with Gasteiger partial charge in [0.25, 0.3) is 0 Å². The zero-order chi connectivity index (χ0) is 14.8. The van der Waals surface area contributed by atoms with Crippen molar-refractivity contribution in [1.29, 1.82) is 0 Å². The molecule has 2 rings (SSSR count). The Morgan fingerprint density at radius 1 is 1.55 bits per heavy atom. The van der Waals surface area contributed by atoms with Gasteiger partial charge in [-0.3, -0.25) is 9.89 Å². The normalized spacial score (nSPS) is 11.1. The van der Waals surface area contributed by atoms with E-state index in [0.29, 0.717) is 10.9 Å². The van der Waals surface area contributed by atoms with Crippen molar-refractivity contribution >= 4 is 34.3 Å². The zero-order valence-electron chi connectivity index (χ0n) is 12.2. The van der Waals surface area contributed by atoms with Crippen molar-refractivity contribution in [2.75, 3.05) is 6.61 Å². The zero-order valence-corrected chi connectivity index (χ0v) is 12.9. The number of nitrogens with zero attached hydrogens (tertiary/aromatic N) is 3. The molecule has 0 saturated carbocycles. The lowest BCUT2D eigenvalue weighted by Gasteiger charge is -2.10. The van der Waals surface area contributed by atoms with E-state index in [1.54, 1.807) is 49.4 Å². The molecule has 2 aromatic rings. The van der Waals surface area contributed by atoms with Gasteiger partial charge >= 0.3 is 5.97 Å². The van der Waals surface area contributed by atoms with Gasteiger partial charge in [0.1, 0.15) is 5.25 Å². The maximum atomic E-state index is 11.3. The number of carbonyl (C=O) groups is 1. The third-order valence-corrected chi connectivity index (χ3v) is 3.40. The van der Waals surface area contributed by atoms with Crippen LogP contribution in [0.15, 0.2) is 36.9 Å². The van der Waals surface area contributed by atoms with Crippen molar-refractivity contribution in [3.05, 3.63) is 36.9 Å². The van der Waals surface area contributed by atoms with E-state index in [-0.39, 0.29) is 12.6 Å². The fourth-order valence-electron chi connectivity index (χ4n) is 1.10. The van der Waals surface area contributed by atoms with Crippen LogP contribution in [0.5, 0.6) is 0 Å². The number of aromatic nitrogens is 4. The molecule has 1 N–H and O–H groups in total. The Morgan fingerprint density at radius 2 is 2.35 bits per heavy atom. The van der Waals surface area contributed by atoms with Crippen LogP contribution in [0.25, 0.3) is 0 Å². The molecule has 0 aromatic carbocycles. The van der Waals surface area contributed by atoms with E-state index in [2.05, 4.69) is 15.3 Å². The Labute approximate surface area is 128 Å². The van der Waals surface area contributed by atoms with Crippen LogP contribution >= 0.6 is 24.0 Å². The molecule has 20 heavy (non-hydrogen) atoms. The van der Waals surface area contributed by atoms with Crippen LogP contribution in [0.4, 0.5) is 0 Å². The fraction of sp³-hybridized carbons (Fsp3) is 0.333. The van der Waals surface area contributed by atoms with Crippen molar-refractivity contribution in [1.82, 2.24) is 20.0 Å². The lowest BCUT2D eigenvalue weighted by atomic mass is 10.5. The lowest BCUT2D eigenvalue weighted by molar-refractivity contribution is -0.142. The van der Waals surface area contributed by atoms with Gasteiger partial charge in [0.15, 0.2) is 4.32 Å². The van der Waals surface area contributed by atoms with Crippen molar-refractivity contribution in [3.8, 4) is 0 Å². The smallest absolute Gasteiger partial charge is 0.319 e. The van der Waals surface area contributed by atoms with Gasteiger partial charge in [-0.2, -0.15) is 10.2 Å². The lowest BCUT2D eigenvalue weighted by Crippen LogP contribution is -2.20. The maximum Gasteiger partial charge on any atom is 0.319 e. The van der Waals surface area contributed by atoms with Crippen LogP contribution in [0.1, 0.15) is 15.3 Å². The van der Waals surface area contributed by atoms with Crippen LogP contribution in [0, 0.1) is 0 Å². The third-order valence-electron chi connectivity index (χ3n) is 1.99. The number of ether oxygens (including phenoxy) is 1. The molecule has 2 aromatic heterocycles. The number of hydrogen-bond donors (Lipinski definition) is 1. The highest BCUT2D eigenvalue weighted by Gasteiger charge is 2.17. The average molecular weight is 314 g/mol. The molecule has 2 heterocycles. The number of thioether (sulfide) groups is 1. The third kappa shape index (κ3) is 5.98. The summed E-state index contributed by atoms with van der Waals surface area (Å²) < 4.78 is 6.97. The van der Waals surface area contributed by atoms with Crippen molar-refractivity contribution in [3.63, 3.8) is 0 Å². The van der Waals surface area contributed by atoms with Crippen LogP contribution in [0.2, 0.25) is 0 Å². The molecule has 0 spiro atoms. The second-order valence-corrected chi connectivity index (χ2v) is 5.47. The molecule has 0 aliphatic heterocycles. The summed E-state index contributed by atoms with van der Waals surface area (Å²) in [5, 5.41) is 9.88. The highest BCUT2D eigenvalue weighted by Crippen LogP contribution is 2.15. The number of H-pyrrole nitrogens is 1. The van der Waals surface area contributed by atoms with E-state index in [0.717, 1.165) is 0 Å². The standard InChI is InChI=1S/C9H12N2O2S2.C3H4N2.H/c1-3-13-8(12)7(2)15-9(14)11-6-4-5-10-11;1-2-4-5-3-1;/h4-7H,3H2,1-2H3;1-3H,(H,4,5);/q;;-1/i;;1+1. The van der Waals surface area contributed by atoms with Crippen molar-refractivity contribution in [2.45, 2.75) is 19.1 Å². The summed E-state index contributed by atoms with van der Waals surface area (Å²) in [7, 11) is 0. The van der Waals surface area contributed by atoms with Gasteiger partial charge in [-0.1, -0.05) is 24.0 Å². The first-order chi connectivity index (χ1) is 9.65. The molecule has 0 bridgehead atoms. The molecule has 110 valence electrons. The summed E-state index contributed by atoms with van der Waals surface area (Å²) in [5.41, 5.74) is 0. The molecule has 0 fully saturated rings. The second kappa shape index (κ2) is 9.27. The molecule has 6 nitrogen and oxygen atoms in total. The van der Waals surface area contributed by atoms with Gasteiger partial charge in [0, 0.05) is 24.8 Å². The van der Waals surface area contributed by atoms with Crippen LogP contribution < -0.4 is 0 Å². The van der Waals surface area contributed by atoms with Crippen molar-refractivity contribution in [2.24, 2.45) is 0 Å². The Balaban J connectivity index is 0.000000562. The fourth-order valence-corrected chi connectivity index (χ4v) is 2.33. The first kappa shape index (κ1) is 16.4. The summed E-state index contributed by atoms with van der Waals surface area (Å²) in [6.07, 6.45) is 6.84. The van der Waals surface area contributed by atoms with E-state index in [1.165, 1.54) is 11.8 Å². The predicted octanol–water partition coefficient (Wildman–Crippen LogP) is 2.22. The molecule has 0 radical (unpaired) electrons. The Morgan fingerprint density at radius 3 is 2.80 bits per heavy atom. The summed E-state index contributed by atoms with van der Waals surface area (Å²) in [5.74, 6) is -0.253. The molecule has 8 heteroatoms. The predicted molar refractivity (Wildman–Crippen MR) is 83.6 cm³/mol. The number of nitrogens with one attached hydrogen (secondary N) is 1. The van der Waals surface area contributed by atoms with Crippen molar-refractivity contribution < 1.29 is 11.0 Å². The summed E-state index contributed by atoms with van der Waals surface area (Å²) in [6, 6.07) is 3.61. The molecule has 0 amide bonds. The quantitative estimate of drug-likeness (QED) is 0.692. The number of aromatic amines is 1. The molecule has 0 saturated heterocycles. The Bertz CT molecular complexity index is 488. The Hall–Kier alpha value is -1.67. The number of carbonyl (C=O) groups excluding carboxylic acids is 1.